The van der Waals surface area contributed by atoms with Gasteiger partial charge in [0.25, 0.3) is 0 Å². The second-order valence-corrected chi connectivity index (χ2v) is 13.5. The van der Waals surface area contributed by atoms with Crippen molar-refractivity contribution < 1.29 is 13.2 Å². The number of hydrogen-bond donors (Lipinski definition) is 2. The van der Waals surface area contributed by atoms with E-state index < -0.39 is 12.6 Å². The van der Waals surface area contributed by atoms with Crippen LogP contribution in [0.15, 0.2) is 48.9 Å². The Kier molecular flexibility index (Phi) is 7.41. The Morgan fingerprint density at radius 1 is 1.09 bits per heavy atom. The van der Waals surface area contributed by atoms with E-state index in [9.17, 15) is 18.4 Å². The Morgan fingerprint density at radius 3 is 2.58 bits per heavy atom. The summed E-state index contributed by atoms with van der Waals surface area (Å²) in [6.07, 6.45) is 1.96. The number of pyridine rings is 1. The summed E-state index contributed by atoms with van der Waals surface area (Å²) >= 11 is 1.07. The summed E-state index contributed by atoms with van der Waals surface area (Å²) in [5.74, 6) is 1.11. The largest absolute Gasteiger partial charge is 0.393 e. The minimum atomic E-state index is -4.25. The van der Waals surface area contributed by atoms with Gasteiger partial charge in [-0.2, -0.15) is 18.4 Å². The van der Waals surface area contributed by atoms with Gasteiger partial charge >= 0.3 is 6.18 Å². The molecule has 5 heterocycles. The fourth-order valence-corrected chi connectivity index (χ4v) is 7.67. The third-order valence-electron chi connectivity index (χ3n) is 9.37. The number of fused-ring (bicyclic) bond motifs is 2. The van der Waals surface area contributed by atoms with Crippen molar-refractivity contribution in [2.45, 2.75) is 69.8 Å². The van der Waals surface area contributed by atoms with Crippen LogP contribution in [0, 0.1) is 18.3 Å². The van der Waals surface area contributed by atoms with Crippen LogP contribution < -0.4 is 11.1 Å². The van der Waals surface area contributed by atoms with Crippen molar-refractivity contribution in [2.75, 3.05) is 24.1 Å². The quantitative estimate of drug-likeness (QED) is 0.196. The molecule has 1 saturated carbocycles. The van der Waals surface area contributed by atoms with E-state index in [1.54, 1.807) is 6.07 Å². The number of benzene rings is 1. The first kappa shape index (κ1) is 29.5. The van der Waals surface area contributed by atoms with Crippen LogP contribution in [0.2, 0.25) is 0 Å². The van der Waals surface area contributed by atoms with E-state index in [0.29, 0.717) is 27.5 Å². The Labute approximate surface area is 262 Å². The van der Waals surface area contributed by atoms with Gasteiger partial charge in [-0.15, -0.1) is 11.3 Å². The van der Waals surface area contributed by atoms with Gasteiger partial charge < -0.3 is 15.6 Å². The van der Waals surface area contributed by atoms with E-state index in [1.165, 1.54) is 23.0 Å². The van der Waals surface area contributed by atoms with Crippen LogP contribution in [-0.4, -0.2) is 49.7 Å². The van der Waals surface area contributed by atoms with Gasteiger partial charge in [-0.3, -0.25) is 4.90 Å². The molecule has 12 heteroatoms. The van der Waals surface area contributed by atoms with Crippen molar-refractivity contribution >= 4 is 44.1 Å². The van der Waals surface area contributed by atoms with Crippen LogP contribution in [0.25, 0.3) is 21.1 Å². The number of nitriles is 1. The smallest absolute Gasteiger partial charge is 0.384 e. The number of hydrogen-bond acceptors (Lipinski definition) is 8. The molecule has 1 aromatic carbocycles. The Morgan fingerprint density at radius 2 is 1.89 bits per heavy atom. The molecule has 7 rings (SSSR count). The van der Waals surface area contributed by atoms with Crippen LogP contribution in [0.3, 0.4) is 0 Å². The summed E-state index contributed by atoms with van der Waals surface area (Å²) in [6.45, 7) is 5.45. The van der Waals surface area contributed by atoms with E-state index >= 15 is 0 Å². The standard InChI is InChI=1S/C33H33F3N8S/c1-20-21(2-4-28-26(20)12-24(15-37)44(28)18-32(8-9-32)22-3-5-29(38)39-16-22)17-43-10-6-23(7-11-43)42-30-27-13-25(14-33(34,35)36)45-31(27)41-19-40-30/h2-5,12-13,16,19,23H,6-11,14,17-18H2,1H3,(H2,38,39)(H,40,41,42). The van der Waals surface area contributed by atoms with Crippen molar-refractivity contribution in [1.29, 1.82) is 5.26 Å². The first-order chi connectivity index (χ1) is 21.6. The van der Waals surface area contributed by atoms with Crippen molar-refractivity contribution in [3.8, 4) is 6.07 Å². The van der Waals surface area contributed by atoms with Gasteiger partial charge in [0.05, 0.1) is 11.8 Å². The molecular formula is C33H33F3N8S. The van der Waals surface area contributed by atoms with Crippen LogP contribution in [0.1, 0.15) is 52.9 Å². The molecule has 4 aromatic heterocycles. The number of likely N-dealkylation sites (tertiary alicyclic amines) is 1. The summed E-state index contributed by atoms with van der Waals surface area (Å²) < 4.78 is 41.0. The molecule has 0 bridgehead atoms. The Bertz CT molecular complexity index is 1910. The third kappa shape index (κ3) is 5.94. The first-order valence-electron chi connectivity index (χ1n) is 15.1. The predicted molar refractivity (Wildman–Crippen MR) is 170 cm³/mol. The minimum Gasteiger partial charge on any atom is -0.384 e. The summed E-state index contributed by atoms with van der Waals surface area (Å²) in [7, 11) is 0. The number of nitrogens with one attached hydrogen (secondary N) is 1. The molecule has 1 aliphatic heterocycles. The van der Waals surface area contributed by atoms with Crippen molar-refractivity contribution in [3.63, 3.8) is 0 Å². The second-order valence-electron chi connectivity index (χ2n) is 12.4. The third-order valence-corrected chi connectivity index (χ3v) is 10.4. The molecular weight excluding hydrogens is 597 g/mol. The normalized spacial score (nSPS) is 17.1. The van der Waals surface area contributed by atoms with Gasteiger partial charge in [-0.25, -0.2) is 15.0 Å². The zero-order valence-electron chi connectivity index (χ0n) is 24.9. The molecule has 3 N–H and O–H groups in total. The number of nitrogens with zero attached hydrogens (tertiary/aromatic N) is 6. The highest BCUT2D eigenvalue weighted by Gasteiger charge is 2.45. The number of nitrogens with two attached hydrogens (primary N) is 1. The van der Waals surface area contributed by atoms with Crippen molar-refractivity contribution in [3.05, 3.63) is 76.2 Å². The number of anilines is 2. The Balaban J connectivity index is 1.03. The molecule has 0 amide bonds. The SMILES string of the molecule is Cc1c(CN2CCC(Nc3ncnc4sc(CC(F)(F)F)cc34)CC2)ccc2c1cc(C#N)n2CC1(c2ccc(N)nc2)CC1. The maximum Gasteiger partial charge on any atom is 0.393 e. The second kappa shape index (κ2) is 11.3. The highest BCUT2D eigenvalue weighted by Crippen LogP contribution is 2.50. The van der Waals surface area contributed by atoms with E-state index in [0.717, 1.165) is 74.1 Å². The van der Waals surface area contributed by atoms with Gasteiger partial charge in [-0.05, 0) is 73.6 Å². The summed E-state index contributed by atoms with van der Waals surface area (Å²) in [4.78, 5) is 16.1. The van der Waals surface area contributed by atoms with E-state index in [-0.39, 0.29) is 16.3 Å². The van der Waals surface area contributed by atoms with Gasteiger partial charge in [0.15, 0.2) is 0 Å². The molecule has 2 aliphatic rings. The maximum absolute atomic E-state index is 12.9. The molecule has 0 radical (unpaired) electrons. The average Bonchev–Trinajstić information content (AvgIpc) is 3.54. The van der Waals surface area contributed by atoms with Gasteiger partial charge in [0.1, 0.15) is 34.6 Å². The molecule has 1 saturated heterocycles. The molecule has 8 nitrogen and oxygen atoms in total. The van der Waals surface area contributed by atoms with Gasteiger partial charge in [-0.1, -0.05) is 12.1 Å². The topological polar surface area (TPSA) is 109 Å². The lowest BCUT2D eigenvalue weighted by atomic mass is 9.97. The molecule has 0 atom stereocenters. The molecule has 0 unspecified atom stereocenters. The number of aryl methyl sites for hydroxylation is 1. The lowest BCUT2D eigenvalue weighted by Crippen LogP contribution is -2.39. The van der Waals surface area contributed by atoms with Crippen LogP contribution in [0.5, 0.6) is 0 Å². The van der Waals surface area contributed by atoms with Gasteiger partial charge in [0, 0.05) is 59.6 Å². The number of halogens is 3. The predicted octanol–water partition coefficient (Wildman–Crippen LogP) is 6.72. The van der Waals surface area contributed by atoms with Gasteiger partial charge in [0.2, 0.25) is 0 Å². The highest BCUT2D eigenvalue weighted by atomic mass is 32.1. The zero-order chi connectivity index (χ0) is 31.3. The average molecular weight is 631 g/mol. The summed E-state index contributed by atoms with van der Waals surface area (Å²) in [6, 6.07) is 14.4. The monoisotopic (exact) mass is 630 g/mol. The highest BCUT2D eigenvalue weighted by molar-refractivity contribution is 7.18. The van der Waals surface area contributed by atoms with Crippen LogP contribution in [-0.2, 0) is 24.9 Å². The van der Waals surface area contributed by atoms with Crippen molar-refractivity contribution in [2.24, 2.45) is 0 Å². The number of alkyl halides is 3. The fraction of sp³-hybridized carbons (Fsp3) is 0.394. The number of piperidine rings is 1. The van der Waals surface area contributed by atoms with E-state index in [1.807, 2.05) is 18.3 Å². The number of rotatable bonds is 8. The number of thiophene rings is 1. The zero-order valence-corrected chi connectivity index (χ0v) is 25.7. The van der Waals surface area contributed by atoms with E-state index in [2.05, 4.69) is 60.9 Å². The first-order valence-corrected chi connectivity index (χ1v) is 16.0. The number of aromatic nitrogens is 4. The molecule has 0 spiro atoms. The summed E-state index contributed by atoms with van der Waals surface area (Å²) in [5, 5.41) is 15.3. The lowest BCUT2D eigenvalue weighted by molar-refractivity contribution is -0.126. The molecule has 2 fully saturated rings. The molecule has 5 aromatic rings. The molecule has 232 valence electrons. The Hall–Kier alpha value is -4.21. The maximum atomic E-state index is 12.9. The van der Waals surface area contributed by atoms with Crippen LogP contribution in [0.4, 0.5) is 24.8 Å². The number of nitrogen functional groups attached to an aromatic ring is 1. The fourth-order valence-electron chi connectivity index (χ4n) is 6.64. The molecule has 45 heavy (non-hydrogen) atoms. The minimum absolute atomic E-state index is 0.0183. The summed E-state index contributed by atoms with van der Waals surface area (Å²) in [5.41, 5.74) is 11.1. The van der Waals surface area contributed by atoms with E-state index in [4.69, 9.17) is 5.73 Å². The van der Waals surface area contributed by atoms with Crippen molar-refractivity contribution in [1.82, 2.24) is 24.4 Å². The van der Waals surface area contributed by atoms with Crippen LogP contribution >= 0.6 is 11.3 Å². The molecule has 1 aliphatic carbocycles. The lowest BCUT2D eigenvalue weighted by Gasteiger charge is -2.33.